The highest BCUT2D eigenvalue weighted by Crippen LogP contribution is 2.36. The number of hydrogen-bond acceptors (Lipinski definition) is 8. The zero-order valence-electron chi connectivity index (χ0n) is 23.4. The van der Waals surface area contributed by atoms with E-state index in [9.17, 15) is 26.4 Å². The van der Waals surface area contributed by atoms with E-state index >= 15 is 0 Å². The molecule has 0 spiro atoms. The molecule has 0 aliphatic carbocycles. The number of sulfonamides is 1. The molecule has 5 heterocycles. The number of carbonyl (C=O) groups excluding carboxylic acids is 1. The number of aromatic nitrogens is 3. The fourth-order valence-corrected chi connectivity index (χ4v) is 6.60. The Morgan fingerprint density at radius 1 is 1.07 bits per heavy atom. The second-order valence-electron chi connectivity index (χ2n) is 11.2. The number of piperidine rings is 1. The summed E-state index contributed by atoms with van der Waals surface area (Å²) in [6.07, 6.45) is -0.207. The van der Waals surface area contributed by atoms with Gasteiger partial charge in [0.05, 0.1) is 29.2 Å². The third-order valence-electron chi connectivity index (χ3n) is 8.10. The minimum Gasteiger partial charge on any atom is -0.356 e. The normalized spacial score (nSPS) is 21.7. The average Bonchev–Trinajstić information content (AvgIpc) is 3.35. The molecular formula is C27H32ClF3N8O3S. The lowest BCUT2D eigenvalue weighted by molar-refractivity contribution is -0.155. The first-order valence-electron chi connectivity index (χ1n) is 14.2. The number of nitrogens with one attached hydrogen (secondary N) is 2. The predicted molar refractivity (Wildman–Crippen MR) is 157 cm³/mol. The van der Waals surface area contributed by atoms with Crippen LogP contribution in [0.4, 0.5) is 30.5 Å². The van der Waals surface area contributed by atoms with Crippen LogP contribution in [0.3, 0.4) is 0 Å². The van der Waals surface area contributed by atoms with Gasteiger partial charge in [-0.3, -0.25) is 9.52 Å². The first-order valence-corrected chi connectivity index (χ1v) is 16.4. The third-order valence-corrected chi connectivity index (χ3v) is 8.93. The van der Waals surface area contributed by atoms with E-state index in [1.807, 2.05) is 0 Å². The molecule has 0 saturated carbocycles. The lowest BCUT2D eigenvalue weighted by atomic mass is 9.98. The highest BCUT2D eigenvalue weighted by Gasteiger charge is 2.42. The lowest BCUT2D eigenvalue weighted by Gasteiger charge is -2.37. The quantitative estimate of drug-likeness (QED) is 0.420. The van der Waals surface area contributed by atoms with Gasteiger partial charge in [0.15, 0.2) is 5.65 Å². The third kappa shape index (κ3) is 6.20. The summed E-state index contributed by atoms with van der Waals surface area (Å²) in [6.45, 7) is 2.28. The Balaban J connectivity index is 1.38. The second-order valence-corrected chi connectivity index (χ2v) is 13.4. The fraction of sp³-hybridized carbons (Fsp3) is 0.519. The number of alkyl halides is 3. The predicted octanol–water partition coefficient (Wildman–Crippen LogP) is 3.67. The van der Waals surface area contributed by atoms with Crippen LogP contribution in [-0.4, -0.2) is 91.6 Å². The molecular weight excluding hydrogens is 609 g/mol. The van der Waals surface area contributed by atoms with Crippen LogP contribution in [0.5, 0.6) is 0 Å². The van der Waals surface area contributed by atoms with Gasteiger partial charge in [-0.1, -0.05) is 11.6 Å². The number of hydrogen-bond donors (Lipinski definition) is 2. The number of nitrogens with zero attached hydrogens (tertiary/aromatic N) is 6. The summed E-state index contributed by atoms with van der Waals surface area (Å²) < 4.78 is 68.9. The maximum atomic E-state index is 13.9. The van der Waals surface area contributed by atoms with Crippen molar-refractivity contribution < 1.29 is 26.4 Å². The molecule has 2 atom stereocenters. The number of benzene rings is 1. The number of likely N-dealkylation sites (tertiary alicyclic amines) is 1. The van der Waals surface area contributed by atoms with Crippen molar-refractivity contribution in [2.45, 2.75) is 43.9 Å². The second kappa shape index (κ2) is 11.3. The zero-order valence-corrected chi connectivity index (χ0v) is 25.0. The molecule has 0 radical (unpaired) electrons. The first-order chi connectivity index (χ1) is 20.4. The van der Waals surface area contributed by atoms with Gasteiger partial charge in [-0.05, 0) is 43.9 Å². The summed E-state index contributed by atoms with van der Waals surface area (Å²) >= 11 is 6.21. The number of halogens is 4. The molecule has 16 heteroatoms. The van der Waals surface area contributed by atoms with E-state index in [4.69, 9.17) is 21.7 Å². The number of carbonyl (C=O) groups is 1. The van der Waals surface area contributed by atoms with Crippen LogP contribution >= 0.6 is 11.6 Å². The Morgan fingerprint density at radius 2 is 1.86 bits per heavy atom. The molecule has 43 heavy (non-hydrogen) atoms. The largest absolute Gasteiger partial charge is 0.405 e. The van der Waals surface area contributed by atoms with Gasteiger partial charge in [-0.25, -0.2) is 13.4 Å². The Kier molecular flexibility index (Phi) is 7.84. The minimum atomic E-state index is -4.39. The number of rotatable bonds is 6. The van der Waals surface area contributed by atoms with Crippen molar-refractivity contribution in [1.29, 1.82) is 0 Å². The van der Waals surface area contributed by atoms with Gasteiger partial charge < -0.3 is 20.0 Å². The minimum absolute atomic E-state index is 0.117. The molecule has 11 nitrogen and oxygen atoms in total. The molecule has 3 aromatic rings. The van der Waals surface area contributed by atoms with Gasteiger partial charge in [0.1, 0.15) is 17.7 Å². The van der Waals surface area contributed by atoms with Gasteiger partial charge in [0.2, 0.25) is 10.0 Å². The highest BCUT2D eigenvalue weighted by molar-refractivity contribution is 7.92. The monoisotopic (exact) mass is 640 g/mol. The van der Waals surface area contributed by atoms with Gasteiger partial charge in [0.25, 0.3) is 5.91 Å². The van der Waals surface area contributed by atoms with Crippen LogP contribution in [0.2, 0.25) is 5.02 Å². The Morgan fingerprint density at radius 3 is 2.56 bits per heavy atom. The maximum absolute atomic E-state index is 13.9. The van der Waals surface area contributed by atoms with Crippen LogP contribution in [0.1, 0.15) is 47.8 Å². The van der Waals surface area contributed by atoms with Crippen molar-refractivity contribution in [3.63, 3.8) is 0 Å². The molecule has 2 N–H and O–H groups in total. The van der Waals surface area contributed by atoms with Gasteiger partial charge in [-0.15, -0.1) is 0 Å². The molecule has 3 aliphatic rings. The summed E-state index contributed by atoms with van der Waals surface area (Å²) in [4.78, 5) is 24.2. The molecule has 3 aliphatic heterocycles. The number of fused-ring (bicyclic) bond motifs is 1. The van der Waals surface area contributed by atoms with Crippen molar-refractivity contribution in [2.75, 3.05) is 60.0 Å². The van der Waals surface area contributed by atoms with E-state index in [1.165, 1.54) is 18.2 Å². The Labute approximate surface area is 252 Å². The topological polar surface area (TPSA) is 115 Å². The number of anilines is 3. The van der Waals surface area contributed by atoms with Gasteiger partial charge in [-0.2, -0.15) is 22.8 Å². The number of piperazine rings is 1. The lowest BCUT2D eigenvalue weighted by Crippen LogP contribution is -2.57. The molecule has 2 aromatic heterocycles. The zero-order chi connectivity index (χ0) is 30.5. The Bertz CT molecular complexity index is 1650. The van der Waals surface area contributed by atoms with E-state index < -0.39 is 34.2 Å². The SMILES string of the molecule is CS(=O)(=O)Nc1ccc(Cl)cc1C(=O)N1CCCC[C@H]1c1cc2nc(N3CCC3)cc(N3CCNC(C(F)(F)F)C3)n2n1. The van der Waals surface area contributed by atoms with Crippen molar-refractivity contribution in [3.8, 4) is 0 Å². The molecule has 3 fully saturated rings. The summed E-state index contributed by atoms with van der Waals surface area (Å²) in [5.74, 6) is 0.784. The van der Waals surface area contributed by atoms with E-state index in [1.54, 1.807) is 26.4 Å². The average molecular weight is 641 g/mol. The van der Waals surface area contributed by atoms with Crippen molar-refractivity contribution in [1.82, 2.24) is 24.8 Å². The highest BCUT2D eigenvalue weighted by atomic mass is 35.5. The van der Waals surface area contributed by atoms with E-state index in [2.05, 4.69) is 14.9 Å². The van der Waals surface area contributed by atoms with E-state index in [0.29, 0.717) is 42.5 Å². The van der Waals surface area contributed by atoms with Crippen LogP contribution in [-0.2, 0) is 10.0 Å². The maximum Gasteiger partial charge on any atom is 0.405 e. The fourth-order valence-electron chi connectivity index (χ4n) is 5.86. The molecule has 3 saturated heterocycles. The summed E-state index contributed by atoms with van der Waals surface area (Å²) in [6, 6.07) is 5.85. The van der Waals surface area contributed by atoms with Gasteiger partial charge in [0, 0.05) is 56.4 Å². The smallest absolute Gasteiger partial charge is 0.356 e. The summed E-state index contributed by atoms with van der Waals surface area (Å²) in [5, 5.41) is 7.67. The molecule has 6 rings (SSSR count). The molecule has 1 amide bonds. The number of amides is 1. The van der Waals surface area contributed by atoms with Crippen molar-refractivity contribution in [3.05, 3.63) is 46.6 Å². The first kappa shape index (κ1) is 29.8. The molecule has 1 aromatic carbocycles. The van der Waals surface area contributed by atoms with Crippen molar-refractivity contribution in [2.24, 2.45) is 0 Å². The van der Waals surface area contributed by atoms with E-state index in [-0.39, 0.29) is 29.4 Å². The van der Waals surface area contributed by atoms with Crippen LogP contribution in [0.15, 0.2) is 30.3 Å². The standard InChI is InChI=1S/C27H32ClF3N8O3S/c1-43(41,42)35-19-7-6-17(28)13-18(19)26(40)38-11-3-2-5-21(38)20-14-24-33-23(36-9-4-10-36)15-25(39(24)34-20)37-12-8-32-22(16-37)27(29,30)31/h6-7,13-15,21-22,32,35H,2-5,8-12,16H2,1H3/t21-,22?/m0/s1. The summed E-state index contributed by atoms with van der Waals surface area (Å²) in [5.41, 5.74) is 1.28. The summed E-state index contributed by atoms with van der Waals surface area (Å²) in [7, 11) is -3.67. The Hall–Kier alpha value is -3.30. The van der Waals surface area contributed by atoms with Crippen LogP contribution < -0.4 is 19.8 Å². The van der Waals surface area contributed by atoms with Crippen LogP contribution in [0, 0.1) is 0 Å². The van der Waals surface area contributed by atoms with Crippen LogP contribution in [0.25, 0.3) is 5.65 Å². The van der Waals surface area contributed by atoms with E-state index in [0.717, 1.165) is 38.6 Å². The molecule has 232 valence electrons. The molecule has 1 unspecified atom stereocenters. The van der Waals surface area contributed by atoms with Gasteiger partial charge >= 0.3 is 6.18 Å². The molecule has 0 bridgehead atoms. The van der Waals surface area contributed by atoms with Crippen molar-refractivity contribution >= 4 is 50.5 Å².